The Morgan fingerprint density at radius 3 is 1.93 bits per heavy atom. The van der Waals surface area contributed by atoms with Crippen LogP contribution in [0, 0.1) is 5.41 Å². The smallest absolute Gasteiger partial charge is 0.0817 e. The largest absolute Gasteiger partial charge is 0.388 e. The van der Waals surface area contributed by atoms with E-state index in [1.54, 1.807) is 0 Å². The zero-order valence-corrected chi connectivity index (χ0v) is 11.0. The number of nitrogens with two attached hydrogens (primary N) is 1. The molecule has 0 aromatic rings. The zero-order chi connectivity index (χ0) is 11.9. The van der Waals surface area contributed by atoms with Crippen molar-refractivity contribution in [3.63, 3.8) is 0 Å². The highest BCUT2D eigenvalue weighted by Gasteiger charge is 2.37. The van der Waals surface area contributed by atoms with E-state index < -0.39 is 5.60 Å². The van der Waals surface area contributed by atoms with Crippen molar-refractivity contribution >= 4 is 0 Å². The monoisotopic (exact) mass is 215 g/mol. The standard InChI is InChI=1S/C13H29NO/c1-5-6-7-8-9-10-13(15,11-14)12(2,3)4/h15H,5-11,14H2,1-4H3. The molecule has 0 aromatic carbocycles. The Labute approximate surface area is 95.3 Å². The summed E-state index contributed by atoms with van der Waals surface area (Å²) in [6, 6.07) is 0. The third-order valence-electron chi connectivity index (χ3n) is 3.43. The van der Waals surface area contributed by atoms with Crippen molar-refractivity contribution in [2.24, 2.45) is 11.1 Å². The molecule has 0 amide bonds. The van der Waals surface area contributed by atoms with Gasteiger partial charge in [0.05, 0.1) is 5.60 Å². The Morgan fingerprint density at radius 1 is 1.00 bits per heavy atom. The Morgan fingerprint density at radius 2 is 1.53 bits per heavy atom. The molecule has 0 bridgehead atoms. The lowest BCUT2D eigenvalue weighted by molar-refractivity contribution is -0.0579. The molecule has 92 valence electrons. The molecule has 0 aliphatic carbocycles. The van der Waals surface area contributed by atoms with Crippen LogP contribution in [-0.2, 0) is 0 Å². The van der Waals surface area contributed by atoms with Crippen molar-refractivity contribution in [1.29, 1.82) is 0 Å². The fraction of sp³-hybridized carbons (Fsp3) is 1.00. The quantitative estimate of drug-likeness (QED) is 0.641. The van der Waals surface area contributed by atoms with E-state index in [0.717, 1.165) is 12.8 Å². The Balaban J connectivity index is 3.90. The van der Waals surface area contributed by atoms with Crippen LogP contribution >= 0.6 is 0 Å². The summed E-state index contributed by atoms with van der Waals surface area (Å²) in [5, 5.41) is 10.4. The molecular weight excluding hydrogens is 186 g/mol. The second kappa shape index (κ2) is 6.49. The maximum atomic E-state index is 10.4. The molecule has 1 unspecified atom stereocenters. The van der Waals surface area contributed by atoms with Gasteiger partial charge in [-0.3, -0.25) is 0 Å². The number of aliphatic hydroxyl groups is 1. The van der Waals surface area contributed by atoms with Gasteiger partial charge in [-0.1, -0.05) is 59.8 Å². The van der Waals surface area contributed by atoms with Gasteiger partial charge in [-0.2, -0.15) is 0 Å². The van der Waals surface area contributed by atoms with E-state index in [1.165, 1.54) is 25.7 Å². The van der Waals surface area contributed by atoms with Gasteiger partial charge >= 0.3 is 0 Å². The molecule has 0 saturated carbocycles. The Hall–Kier alpha value is -0.0800. The minimum absolute atomic E-state index is 0.119. The van der Waals surface area contributed by atoms with Crippen LogP contribution < -0.4 is 5.73 Å². The van der Waals surface area contributed by atoms with Crippen LogP contribution in [0.25, 0.3) is 0 Å². The van der Waals surface area contributed by atoms with Gasteiger partial charge in [0.25, 0.3) is 0 Å². The molecule has 0 aliphatic rings. The lowest BCUT2D eigenvalue weighted by atomic mass is 9.73. The lowest BCUT2D eigenvalue weighted by Gasteiger charge is -2.39. The van der Waals surface area contributed by atoms with Crippen molar-refractivity contribution in [3.8, 4) is 0 Å². The first kappa shape index (κ1) is 14.9. The number of hydrogen-bond donors (Lipinski definition) is 2. The van der Waals surface area contributed by atoms with Gasteiger partial charge in [0, 0.05) is 6.54 Å². The van der Waals surface area contributed by atoms with Gasteiger partial charge in [0.1, 0.15) is 0 Å². The summed E-state index contributed by atoms with van der Waals surface area (Å²) in [6.45, 7) is 8.76. The molecule has 1 atom stereocenters. The summed E-state index contributed by atoms with van der Waals surface area (Å²) in [5.41, 5.74) is 4.87. The summed E-state index contributed by atoms with van der Waals surface area (Å²) in [4.78, 5) is 0. The number of unbranched alkanes of at least 4 members (excludes halogenated alkanes) is 4. The number of hydrogen-bond acceptors (Lipinski definition) is 2. The summed E-state index contributed by atoms with van der Waals surface area (Å²) >= 11 is 0. The minimum atomic E-state index is -0.695. The summed E-state index contributed by atoms with van der Waals surface area (Å²) < 4.78 is 0. The molecule has 2 nitrogen and oxygen atoms in total. The molecule has 0 aromatic heterocycles. The van der Waals surface area contributed by atoms with Crippen LogP contribution in [0.5, 0.6) is 0 Å². The summed E-state index contributed by atoms with van der Waals surface area (Å²) in [5.74, 6) is 0. The molecule has 3 N–H and O–H groups in total. The van der Waals surface area contributed by atoms with Crippen molar-refractivity contribution in [3.05, 3.63) is 0 Å². The van der Waals surface area contributed by atoms with Crippen LogP contribution in [0.4, 0.5) is 0 Å². The van der Waals surface area contributed by atoms with Crippen molar-refractivity contribution < 1.29 is 5.11 Å². The molecule has 0 saturated heterocycles. The first-order valence-corrected chi connectivity index (χ1v) is 6.30. The second-order valence-electron chi connectivity index (χ2n) is 5.65. The predicted molar refractivity (Wildman–Crippen MR) is 66.8 cm³/mol. The molecule has 0 fully saturated rings. The molecule has 0 spiro atoms. The van der Waals surface area contributed by atoms with Gasteiger partial charge in [-0.05, 0) is 11.8 Å². The maximum absolute atomic E-state index is 10.4. The predicted octanol–water partition coefficient (Wildman–Crippen LogP) is 3.08. The fourth-order valence-corrected chi connectivity index (χ4v) is 1.80. The zero-order valence-electron chi connectivity index (χ0n) is 11.0. The molecular formula is C13H29NO. The minimum Gasteiger partial charge on any atom is -0.388 e. The van der Waals surface area contributed by atoms with E-state index in [1.807, 2.05) is 0 Å². The van der Waals surface area contributed by atoms with Gasteiger partial charge < -0.3 is 10.8 Å². The Bertz CT molecular complexity index is 162. The van der Waals surface area contributed by atoms with E-state index >= 15 is 0 Å². The molecule has 15 heavy (non-hydrogen) atoms. The van der Waals surface area contributed by atoms with E-state index in [4.69, 9.17) is 5.73 Å². The third kappa shape index (κ3) is 4.98. The highest BCUT2D eigenvalue weighted by atomic mass is 16.3. The molecule has 0 radical (unpaired) electrons. The van der Waals surface area contributed by atoms with Crippen molar-refractivity contribution in [2.75, 3.05) is 6.54 Å². The molecule has 0 aliphatic heterocycles. The van der Waals surface area contributed by atoms with Crippen LogP contribution in [0.3, 0.4) is 0 Å². The van der Waals surface area contributed by atoms with Crippen molar-refractivity contribution in [2.45, 2.75) is 71.8 Å². The molecule has 0 rings (SSSR count). The van der Waals surface area contributed by atoms with Gasteiger partial charge in [0.2, 0.25) is 0 Å². The van der Waals surface area contributed by atoms with Gasteiger partial charge in [-0.15, -0.1) is 0 Å². The van der Waals surface area contributed by atoms with Gasteiger partial charge in [0.15, 0.2) is 0 Å². The lowest BCUT2D eigenvalue weighted by Crippen LogP contribution is -2.49. The molecule has 0 heterocycles. The van der Waals surface area contributed by atoms with Gasteiger partial charge in [-0.25, -0.2) is 0 Å². The van der Waals surface area contributed by atoms with Crippen molar-refractivity contribution in [1.82, 2.24) is 0 Å². The average Bonchev–Trinajstić information content (AvgIpc) is 2.15. The summed E-state index contributed by atoms with van der Waals surface area (Å²) in [6.07, 6.45) is 6.98. The highest BCUT2D eigenvalue weighted by Crippen LogP contribution is 2.33. The number of rotatable bonds is 7. The topological polar surface area (TPSA) is 46.2 Å². The van der Waals surface area contributed by atoms with E-state index in [-0.39, 0.29) is 5.41 Å². The van der Waals surface area contributed by atoms with E-state index in [9.17, 15) is 5.11 Å². The van der Waals surface area contributed by atoms with Crippen LogP contribution in [0.1, 0.15) is 66.2 Å². The van der Waals surface area contributed by atoms with Crippen LogP contribution in [0.2, 0.25) is 0 Å². The average molecular weight is 215 g/mol. The van der Waals surface area contributed by atoms with Crippen LogP contribution in [0.15, 0.2) is 0 Å². The van der Waals surface area contributed by atoms with E-state index in [2.05, 4.69) is 27.7 Å². The first-order chi connectivity index (χ1) is 6.87. The first-order valence-electron chi connectivity index (χ1n) is 6.30. The SMILES string of the molecule is CCCCCCCC(O)(CN)C(C)(C)C. The van der Waals surface area contributed by atoms with E-state index in [0.29, 0.717) is 6.54 Å². The normalized spacial score (nSPS) is 16.4. The second-order valence-corrected chi connectivity index (χ2v) is 5.65. The highest BCUT2D eigenvalue weighted by molar-refractivity contribution is 4.91. The third-order valence-corrected chi connectivity index (χ3v) is 3.43. The maximum Gasteiger partial charge on any atom is 0.0817 e. The molecule has 2 heteroatoms. The fourth-order valence-electron chi connectivity index (χ4n) is 1.80. The van der Waals surface area contributed by atoms with Crippen LogP contribution in [-0.4, -0.2) is 17.3 Å². The Kier molecular flexibility index (Phi) is 6.46. The summed E-state index contributed by atoms with van der Waals surface area (Å²) in [7, 11) is 0.